The Morgan fingerprint density at radius 2 is 2.11 bits per heavy atom. The summed E-state index contributed by atoms with van der Waals surface area (Å²) in [5.74, 6) is 0.782. The van der Waals surface area contributed by atoms with Gasteiger partial charge in [0.15, 0.2) is 0 Å². The van der Waals surface area contributed by atoms with Crippen LogP contribution in [-0.4, -0.2) is 17.5 Å². The molecule has 0 saturated heterocycles. The van der Waals surface area contributed by atoms with Crippen LogP contribution >= 0.6 is 15.9 Å². The van der Waals surface area contributed by atoms with Crippen LogP contribution < -0.4 is 5.73 Å². The van der Waals surface area contributed by atoms with E-state index >= 15 is 0 Å². The molecule has 0 atom stereocenters. The van der Waals surface area contributed by atoms with Gasteiger partial charge in [-0.1, -0.05) is 19.9 Å². The topological polar surface area (TPSA) is 29.3 Å². The summed E-state index contributed by atoms with van der Waals surface area (Å²) in [5, 5.41) is 0. The lowest BCUT2D eigenvalue weighted by Gasteiger charge is -2.23. The lowest BCUT2D eigenvalue weighted by Crippen LogP contribution is -2.27. The highest BCUT2D eigenvalue weighted by Gasteiger charge is 2.28. The van der Waals surface area contributed by atoms with Gasteiger partial charge >= 0.3 is 0 Å². The van der Waals surface area contributed by atoms with Crippen molar-refractivity contribution in [3.05, 3.63) is 28.2 Å². The van der Waals surface area contributed by atoms with Crippen LogP contribution in [-0.2, 0) is 6.54 Å². The molecule has 1 saturated carbocycles. The van der Waals surface area contributed by atoms with E-state index < -0.39 is 0 Å². The maximum Gasteiger partial charge on any atom is 0.0458 e. The molecule has 2 rings (SSSR count). The van der Waals surface area contributed by atoms with Crippen LogP contribution in [0, 0.1) is 5.92 Å². The van der Waals surface area contributed by atoms with Gasteiger partial charge in [0.2, 0.25) is 0 Å². The fourth-order valence-corrected chi connectivity index (χ4v) is 2.58. The van der Waals surface area contributed by atoms with E-state index in [1.165, 1.54) is 31.4 Å². The standard InChI is InChI=1S/C15H23BrN2/c1-11(2)7-8-18(13-4-5-13)10-12-3-6-15(17)14(16)9-12/h3,6,9,11,13H,4-5,7-8,10,17H2,1-2H3. The average Bonchev–Trinajstić information content (AvgIpc) is 3.13. The highest BCUT2D eigenvalue weighted by Crippen LogP contribution is 2.30. The molecule has 0 unspecified atom stereocenters. The third-order valence-corrected chi connectivity index (χ3v) is 4.19. The summed E-state index contributed by atoms with van der Waals surface area (Å²) in [6.07, 6.45) is 4.02. The van der Waals surface area contributed by atoms with Gasteiger partial charge < -0.3 is 5.73 Å². The highest BCUT2D eigenvalue weighted by molar-refractivity contribution is 9.10. The third-order valence-electron chi connectivity index (χ3n) is 3.51. The van der Waals surface area contributed by atoms with Crippen molar-refractivity contribution in [2.24, 2.45) is 5.92 Å². The first-order valence-corrected chi connectivity index (χ1v) is 7.63. The third kappa shape index (κ3) is 3.99. The van der Waals surface area contributed by atoms with E-state index in [0.717, 1.165) is 28.7 Å². The lowest BCUT2D eigenvalue weighted by molar-refractivity contribution is 0.239. The monoisotopic (exact) mass is 310 g/mol. The minimum Gasteiger partial charge on any atom is -0.398 e. The zero-order valence-electron chi connectivity index (χ0n) is 11.3. The van der Waals surface area contributed by atoms with Crippen molar-refractivity contribution >= 4 is 21.6 Å². The molecule has 2 N–H and O–H groups in total. The van der Waals surface area contributed by atoms with Gasteiger partial charge in [0.25, 0.3) is 0 Å². The molecule has 3 heteroatoms. The first-order valence-electron chi connectivity index (χ1n) is 6.84. The Bertz CT molecular complexity index is 399. The molecule has 0 bridgehead atoms. The van der Waals surface area contributed by atoms with Crippen molar-refractivity contribution in [2.75, 3.05) is 12.3 Å². The Morgan fingerprint density at radius 3 is 2.67 bits per heavy atom. The summed E-state index contributed by atoms with van der Waals surface area (Å²) in [7, 11) is 0. The summed E-state index contributed by atoms with van der Waals surface area (Å²) < 4.78 is 1.01. The fraction of sp³-hybridized carbons (Fsp3) is 0.600. The van der Waals surface area contributed by atoms with Crippen LogP contribution in [0.2, 0.25) is 0 Å². The van der Waals surface area contributed by atoms with Gasteiger partial charge in [-0.05, 0) is 65.4 Å². The lowest BCUT2D eigenvalue weighted by atomic mass is 10.1. The maximum absolute atomic E-state index is 5.83. The van der Waals surface area contributed by atoms with Gasteiger partial charge in [-0.25, -0.2) is 0 Å². The summed E-state index contributed by atoms with van der Waals surface area (Å²) in [6, 6.07) is 7.11. The van der Waals surface area contributed by atoms with Gasteiger partial charge in [0, 0.05) is 22.7 Å². The summed E-state index contributed by atoms with van der Waals surface area (Å²) in [5.41, 5.74) is 8.00. The highest BCUT2D eigenvalue weighted by atomic mass is 79.9. The number of anilines is 1. The van der Waals surface area contributed by atoms with Crippen LogP contribution in [0.3, 0.4) is 0 Å². The van der Waals surface area contributed by atoms with E-state index in [2.05, 4.69) is 46.8 Å². The van der Waals surface area contributed by atoms with Crippen molar-refractivity contribution in [1.29, 1.82) is 0 Å². The summed E-state index contributed by atoms with van der Waals surface area (Å²) in [4.78, 5) is 2.62. The molecule has 0 aromatic heterocycles. The molecule has 0 spiro atoms. The Balaban J connectivity index is 1.97. The molecule has 1 aliphatic carbocycles. The number of halogens is 1. The zero-order chi connectivity index (χ0) is 13.1. The molecular formula is C15H23BrN2. The van der Waals surface area contributed by atoms with Crippen LogP contribution in [0.15, 0.2) is 22.7 Å². The van der Waals surface area contributed by atoms with E-state index in [0.29, 0.717) is 0 Å². The molecule has 0 heterocycles. The number of hydrogen-bond acceptors (Lipinski definition) is 2. The molecule has 18 heavy (non-hydrogen) atoms. The van der Waals surface area contributed by atoms with E-state index in [4.69, 9.17) is 5.73 Å². The SMILES string of the molecule is CC(C)CCN(Cc1ccc(N)c(Br)c1)C1CC1. The van der Waals surface area contributed by atoms with Crippen molar-refractivity contribution in [3.8, 4) is 0 Å². The first kappa shape index (κ1) is 13.9. The summed E-state index contributed by atoms with van der Waals surface area (Å²) in [6.45, 7) is 6.86. The van der Waals surface area contributed by atoms with Crippen LogP contribution in [0.5, 0.6) is 0 Å². The van der Waals surface area contributed by atoms with Crippen LogP contribution in [0.1, 0.15) is 38.7 Å². The van der Waals surface area contributed by atoms with Crippen molar-refractivity contribution < 1.29 is 0 Å². The molecule has 1 aromatic carbocycles. The molecule has 0 radical (unpaired) electrons. The Kier molecular flexibility index (Phi) is 4.68. The molecule has 0 aliphatic heterocycles. The second-order valence-corrected chi connectivity index (χ2v) is 6.59. The molecule has 1 aliphatic rings. The first-order chi connectivity index (χ1) is 8.56. The largest absolute Gasteiger partial charge is 0.398 e. The van der Waals surface area contributed by atoms with Gasteiger partial charge in [-0.3, -0.25) is 4.90 Å². The number of benzene rings is 1. The Labute approximate surface area is 119 Å². The van der Waals surface area contributed by atoms with Gasteiger partial charge in [-0.2, -0.15) is 0 Å². The smallest absolute Gasteiger partial charge is 0.0458 e. The second kappa shape index (κ2) is 6.07. The predicted molar refractivity (Wildman–Crippen MR) is 81.4 cm³/mol. The van der Waals surface area contributed by atoms with Crippen molar-refractivity contribution in [3.63, 3.8) is 0 Å². The van der Waals surface area contributed by atoms with Crippen LogP contribution in [0.4, 0.5) is 5.69 Å². The zero-order valence-corrected chi connectivity index (χ0v) is 12.9. The number of nitrogen functional groups attached to an aromatic ring is 1. The molecule has 100 valence electrons. The molecule has 2 nitrogen and oxygen atoms in total. The number of nitrogens with two attached hydrogens (primary N) is 1. The Hall–Kier alpha value is -0.540. The normalized spacial score (nSPS) is 15.6. The predicted octanol–water partition coefficient (Wildman–Crippen LogP) is 4.04. The molecule has 1 fully saturated rings. The maximum atomic E-state index is 5.83. The molecule has 0 amide bonds. The average molecular weight is 311 g/mol. The van der Waals surface area contributed by atoms with Gasteiger partial charge in [0.05, 0.1) is 0 Å². The number of nitrogens with zero attached hydrogens (tertiary/aromatic N) is 1. The number of rotatable bonds is 6. The van der Waals surface area contributed by atoms with Crippen molar-refractivity contribution in [2.45, 2.75) is 45.7 Å². The Morgan fingerprint density at radius 1 is 1.39 bits per heavy atom. The van der Waals surface area contributed by atoms with E-state index in [-0.39, 0.29) is 0 Å². The van der Waals surface area contributed by atoms with E-state index in [1.807, 2.05) is 6.07 Å². The minimum atomic E-state index is 0.782. The summed E-state index contributed by atoms with van der Waals surface area (Å²) >= 11 is 3.51. The second-order valence-electron chi connectivity index (χ2n) is 5.74. The number of hydrogen-bond donors (Lipinski definition) is 1. The van der Waals surface area contributed by atoms with Gasteiger partial charge in [-0.15, -0.1) is 0 Å². The quantitative estimate of drug-likeness (QED) is 0.803. The van der Waals surface area contributed by atoms with Crippen molar-refractivity contribution in [1.82, 2.24) is 4.90 Å². The van der Waals surface area contributed by atoms with Crippen LogP contribution in [0.25, 0.3) is 0 Å². The van der Waals surface area contributed by atoms with E-state index in [1.54, 1.807) is 0 Å². The fourth-order valence-electron chi connectivity index (χ4n) is 2.16. The molecule has 1 aromatic rings. The minimum absolute atomic E-state index is 0.782. The van der Waals surface area contributed by atoms with Gasteiger partial charge in [0.1, 0.15) is 0 Å². The molecular weight excluding hydrogens is 288 g/mol. The van der Waals surface area contributed by atoms with E-state index in [9.17, 15) is 0 Å².